The van der Waals surface area contributed by atoms with Crippen LogP contribution in [0.1, 0.15) is 35.3 Å². The zero-order valence-corrected chi connectivity index (χ0v) is 18.5. The fraction of sp³-hybridized carbons (Fsp3) is 0.292. The van der Waals surface area contributed by atoms with E-state index in [1.165, 1.54) is 14.2 Å². The topological polar surface area (TPSA) is 73.8 Å². The van der Waals surface area contributed by atoms with Crippen LogP contribution in [0.5, 0.6) is 23.5 Å². The fourth-order valence-electron chi connectivity index (χ4n) is 3.08. The molecule has 0 aliphatic rings. The van der Waals surface area contributed by atoms with Crippen LogP contribution in [0, 0.1) is 6.92 Å². The molecule has 7 heteroatoms. The standard InChI is InChI=1S/C24H27N3O4/c1-16(2)27(15-18-11-7-6-10-17(18)3)23(28)19-12-8-9-13-20(19)31-24-25-21(29-4)14-22(26-24)30-5/h6-14,16H,15H2,1-5H3. The van der Waals surface area contributed by atoms with Crippen molar-refractivity contribution in [2.45, 2.75) is 33.4 Å². The summed E-state index contributed by atoms with van der Waals surface area (Å²) < 4.78 is 16.2. The average molecular weight is 421 g/mol. The number of carbonyl (C=O) groups is 1. The van der Waals surface area contributed by atoms with Gasteiger partial charge in [-0.3, -0.25) is 4.79 Å². The number of carbonyl (C=O) groups excluding carboxylic acids is 1. The third-order valence-corrected chi connectivity index (χ3v) is 4.88. The van der Waals surface area contributed by atoms with Gasteiger partial charge >= 0.3 is 6.01 Å². The lowest BCUT2D eigenvalue weighted by Gasteiger charge is -2.28. The van der Waals surface area contributed by atoms with E-state index in [9.17, 15) is 4.79 Å². The van der Waals surface area contributed by atoms with Crippen LogP contribution in [-0.4, -0.2) is 41.0 Å². The zero-order valence-electron chi connectivity index (χ0n) is 18.5. The van der Waals surface area contributed by atoms with Gasteiger partial charge in [0, 0.05) is 12.6 Å². The maximum atomic E-state index is 13.5. The highest BCUT2D eigenvalue weighted by Gasteiger charge is 2.23. The van der Waals surface area contributed by atoms with Gasteiger partial charge in [0.1, 0.15) is 5.75 Å². The molecule has 3 rings (SSSR count). The first kappa shape index (κ1) is 22.1. The minimum Gasteiger partial charge on any atom is -0.481 e. The average Bonchev–Trinajstić information content (AvgIpc) is 2.78. The number of amides is 1. The SMILES string of the molecule is COc1cc(OC)nc(Oc2ccccc2C(=O)N(Cc2ccccc2C)C(C)C)n1. The Kier molecular flexibility index (Phi) is 7.07. The van der Waals surface area contributed by atoms with Crippen molar-refractivity contribution in [2.24, 2.45) is 0 Å². The molecule has 1 aromatic heterocycles. The minimum absolute atomic E-state index is 0.00618. The lowest BCUT2D eigenvalue weighted by Crippen LogP contribution is -2.36. The molecule has 3 aromatic rings. The number of hydrogen-bond donors (Lipinski definition) is 0. The van der Waals surface area contributed by atoms with Gasteiger partial charge in [0.2, 0.25) is 11.8 Å². The van der Waals surface area contributed by atoms with Crippen LogP contribution in [-0.2, 0) is 6.54 Å². The van der Waals surface area contributed by atoms with Gasteiger partial charge in [-0.15, -0.1) is 0 Å². The predicted octanol–water partition coefficient (Wildman–Crippen LogP) is 4.65. The number of methoxy groups -OCH3 is 2. The highest BCUT2D eigenvalue weighted by Crippen LogP contribution is 2.28. The number of aryl methyl sites for hydroxylation is 1. The zero-order chi connectivity index (χ0) is 22.4. The van der Waals surface area contributed by atoms with Crippen LogP contribution in [0.2, 0.25) is 0 Å². The van der Waals surface area contributed by atoms with Gasteiger partial charge in [-0.1, -0.05) is 36.4 Å². The molecule has 0 saturated heterocycles. The van der Waals surface area contributed by atoms with E-state index < -0.39 is 0 Å². The maximum absolute atomic E-state index is 13.5. The summed E-state index contributed by atoms with van der Waals surface area (Å²) in [5.74, 6) is 0.824. The van der Waals surface area contributed by atoms with Crippen molar-refractivity contribution in [2.75, 3.05) is 14.2 Å². The third-order valence-electron chi connectivity index (χ3n) is 4.88. The number of benzene rings is 2. The number of rotatable bonds is 8. The maximum Gasteiger partial charge on any atom is 0.328 e. The van der Waals surface area contributed by atoms with Crippen LogP contribution in [0.15, 0.2) is 54.6 Å². The Morgan fingerprint density at radius 3 is 2.19 bits per heavy atom. The quantitative estimate of drug-likeness (QED) is 0.527. The highest BCUT2D eigenvalue weighted by molar-refractivity contribution is 5.97. The summed E-state index contributed by atoms with van der Waals surface area (Å²) in [6, 6.07) is 16.7. The normalized spacial score (nSPS) is 10.6. The molecule has 7 nitrogen and oxygen atoms in total. The van der Waals surface area contributed by atoms with E-state index in [1.807, 2.05) is 49.9 Å². The van der Waals surface area contributed by atoms with E-state index in [0.29, 0.717) is 29.6 Å². The predicted molar refractivity (Wildman–Crippen MR) is 118 cm³/mol. The summed E-state index contributed by atoms with van der Waals surface area (Å²) in [6.07, 6.45) is 0. The van der Waals surface area contributed by atoms with Crippen molar-refractivity contribution in [3.63, 3.8) is 0 Å². The largest absolute Gasteiger partial charge is 0.481 e. The van der Waals surface area contributed by atoms with Gasteiger partial charge in [0.15, 0.2) is 0 Å². The van der Waals surface area contributed by atoms with E-state index in [-0.39, 0.29) is 18.0 Å². The second-order valence-electron chi connectivity index (χ2n) is 7.29. The lowest BCUT2D eigenvalue weighted by molar-refractivity contribution is 0.0687. The van der Waals surface area contributed by atoms with E-state index in [0.717, 1.165) is 11.1 Å². The molecule has 0 radical (unpaired) electrons. The molecule has 0 aliphatic heterocycles. The van der Waals surface area contributed by atoms with E-state index in [2.05, 4.69) is 9.97 Å². The van der Waals surface area contributed by atoms with Gasteiger partial charge in [-0.25, -0.2) is 0 Å². The first-order valence-electron chi connectivity index (χ1n) is 10.0. The molecule has 0 aliphatic carbocycles. The van der Waals surface area contributed by atoms with Crippen LogP contribution in [0.25, 0.3) is 0 Å². The first-order valence-corrected chi connectivity index (χ1v) is 10.0. The summed E-state index contributed by atoms with van der Waals surface area (Å²) >= 11 is 0. The summed E-state index contributed by atoms with van der Waals surface area (Å²) in [4.78, 5) is 23.7. The molecular weight excluding hydrogens is 394 g/mol. The molecule has 0 spiro atoms. The summed E-state index contributed by atoms with van der Waals surface area (Å²) in [5.41, 5.74) is 2.67. The Labute approximate surface area is 182 Å². The summed E-state index contributed by atoms with van der Waals surface area (Å²) in [5, 5.41) is 0. The highest BCUT2D eigenvalue weighted by atomic mass is 16.5. The molecule has 1 amide bonds. The van der Waals surface area contributed by atoms with Crippen LogP contribution < -0.4 is 14.2 Å². The molecule has 162 valence electrons. The number of para-hydroxylation sites is 1. The van der Waals surface area contributed by atoms with E-state index >= 15 is 0 Å². The van der Waals surface area contributed by atoms with Crippen molar-refractivity contribution in [1.82, 2.24) is 14.9 Å². The monoisotopic (exact) mass is 421 g/mol. The molecule has 0 atom stereocenters. The van der Waals surface area contributed by atoms with Crippen molar-refractivity contribution >= 4 is 5.91 Å². The van der Waals surface area contributed by atoms with Crippen LogP contribution in [0.4, 0.5) is 0 Å². The van der Waals surface area contributed by atoms with Crippen molar-refractivity contribution in [1.29, 1.82) is 0 Å². The molecule has 1 heterocycles. The molecule has 0 N–H and O–H groups in total. The lowest BCUT2D eigenvalue weighted by atomic mass is 10.1. The van der Waals surface area contributed by atoms with E-state index in [1.54, 1.807) is 30.3 Å². The number of ether oxygens (including phenoxy) is 3. The molecule has 0 saturated carbocycles. The van der Waals surface area contributed by atoms with Crippen LogP contribution in [0.3, 0.4) is 0 Å². The van der Waals surface area contributed by atoms with Crippen molar-refractivity contribution in [3.05, 3.63) is 71.3 Å². The van der Waals surface area contributed by atoms with E-state index in [4.69, 9.17) is 14.2 Å². The third kappa shape index (κ3) is 5.31. The van der Waals surface area contributed by atoms with Gasteiger partial charge in [-0.05, 0) is 44.0 Å². The Bertz CT molecular complexity index is 1030. The Balaban J connectivity index is 1.92. The fourth-order valence-corrected chi connectivity index (χ4v) is 3.08. The molecular formula is C24H27N3O4. The first-order chi connectivity index (χ1) is 14.9. The van der Waals surface area contributed by atoms with Crippen LogP contribution >= 0.6 is 0 Å². The molecule has 0 unspecified atom stereocenters. The number of aromatic nitrogens is 2. The van der Waals surface area contributed by atoms with Gasteiger partial charge in [0.05, 0.1) is 25.8 Å². The van der Waals surface area contributed by atoms with Gasteiger partial charge < -0.3 is 19.1 Å². The van der Waals surface area contributed by atoms with Gasteiger partial charge in [-0.2, -0.15) is 9.97 Å². The summed E-state index contributed by atoms with van der Waals surface area (Å²) in [7, 11) is 2.99. The van der Waals surface area contributed by atoms with Gasteiger partial charge in [0.25, 0.3) is 5.91 Å². The number of nitrogens with zero attached hydrogens (tertiary/aromatic N) is 3. The molecule has 31 heavy (non-hydrogen) atoms. The van der Waals surface area contributed by atoms with Crippen molar-refractivity contribution in [3.8, 4) is 23.5 Å². The molecule has 0 fully saturated rings. The smallest absolute Gasteiger partial charge is 0.328 e. The Morgan fingerprint density at radius 2 is 1.58 bits per heavy atom. The number of hydrogen-bond acceptors (Lipinski definition) is 6. The second-order valence-corrected chi connectivity index (χ2v) is 7.29. The molecule has 2 aromatic carbocycles. The Morgan fingerprint density at radius 1 is 0.968 bits per heavy atom. The Hall–Kier alpha value is -3.61. The van der Waals surface area contributed by atoms with Crippen molar-refractivity contribution < 1.29 is 19.0 Å². The minimum atomic E-state index is -0.135. The molecule has 0 bridgehead atoms. The summed E-state index contributed by atoms with van der Waals surface area (Å²) in [6.45, 7) is 6.54. The second kappa shape index (κ2) is 9.93.